The van der Waals surface area contributed by atoms with Gasteiger partial charge in [-0.25, -0.2) is 0 Å². The summed E-state index contributed by atoms with van der Waals surface area (Å²) in [5.41, 5.74) is 0. The number of fused-ring (bicyclic) bond motifs is 10. The molecule has 1 heteroatoms. The molecule has 0 N–H and O–H groups in total. The maximum absolute atomic E-state index is 3.98. The van der Waals surface area contributed by atoms with E-state index in [-0.39, 0.29) is 0 Å². The second kappa shape index (κ2) is 6.29. The molecular formula is C30H17Br. The van der Waals surface area contributed by atoms with E-state index in [1.807, 2.05) is 0 Å². The Morgan fingerprint density at radius 2 is 0.774 bits per heavy atom. The first-order valence-corrected chi connectivity index (χ1v) is 11.4. The van der Waals surface area contributed by atoms with Gasteiger partial charge in [0.25, 0.3) is 0 Å². The lowest BCUT2D eigenvalue weighted by Gasteiger charge is -2.14. The highest BCUT2D eigenvalue weighted by Gasteiger charge is 2.13. The van der Waals surface area contributed by atoms with E-state index in [0.717, 1.165) is 0 Å². The van der Waals surface area contributed by atoms with Gasteiger partial charge in [-0.15, -0.1) is 0 Å². The molecule has 0 unspecified atom stereocenters. The Bertz CT molecular complexity index is 1710. The van der Waals surface area contributed by atoms with E-state index < -0.39 is 0 Å². The highest BCUT2D eigenvalue weighted by molar-refractivity contribution is 9.10. The summed E-state index contributed by atoms with van der Waals surface area (Å²) < 4.78 is 1.17. The number of hydrogen-bond acceptors (Lipinski definition) is 0. The summed E-state index contributed by atoms with van der Waals surface area (Å²) >= 11 is 3.98. The van der Waals surface area contributed by atoms with Crippen LogP contribution in [-0.4, -0.2) is 0 Å². The van der Waals surface area contributed by atoms with Crippen LogP contribution in [0.25, 0.3) is 64.6 Å². The van der Waals surface area contributed by atoms with Crippen LogP contribution in [0.2, 0.25) is 0 Å². The van der Waals surface area contributed by atoms with E-state index in [0.29, 0.717) is 0 Å². The molecule has 0 heterocycles. The number of benzene rings is 7. The third kappa shape index (κ3) is 2.35. The molecule has 0 nitrogen and oxygen atoms in total. The molecule has 31 heavy (non-hydrogen) atoms. The van der Waals surface area contributed by atoms with Crippen molar-refractivity contribution in [3.63, 3.8) is 0 Å². The standard InChI is InChI=1S/C30H17Br/c31-30-24-15-13-20-11-9-18-5-1-3-7-22(18)28(20)26(24)17-27-25(30)16-14-21-12-10-19-6-2-4-8-23(19)29(21)27/h1-17H. The predicted octanol–water partition coefficient (Wildman–Crippen LogP) is 9.37. The highest BCUT2D eigenvalue weighted by atomic mass is 79.9. The Labute approximate surface area is 187 Å². The number of hydrogen-bond donors (Lipinski definition) is 0. The van der Waals surface area contributed by atoms with E-state index in [1.54, 1.807) is 0 Å². The second-order valence-corrected chi connectivity index (χ2v) is 9.07. The summed E-state index contributed by atoms with van der Waals surface area (Å²) in [5, 5.41) is 15.5. The third-order valence-corrected chi connectivity index (χ3v) is 7.52. The Morgan fingerprint density at radius 3 is 1.29 bits per heavy atom. The van der Waals surface area contributed by atoms with Crippen LogP contribution in [0, 0.1) is 0 Å². The van der Waals surface area contributed by atoms with E-state index in [9.17, 15) is 0 Å². The van der Waals surface area contributed by atoms with Crippen LogP contribution in [0.5, 0.6) is 0 Å². The Balaban J connectivity index is 1.80. The van der Waals surface area contributed by atoms with E-state index in [4.69, 9.17) is 0 Å². The molecule has 0 amide bonds. The van der Waals surface area contributed by atoms with Crippen LogP contribution in [0.1, 0.15) is 0 Å². The zero-order chi connectivity index (χ0) is 20.5. The van der Waals surface area contributed by atoms with Gasteiger partial charge < -0.3 is 0 Å². The molecule has 144 valence electrons. The molecule has 0 bridgehead atoms. The highest BCUT2D eigenvalue weighted by Crippen LogP contribution is 2.42. The van der Waals surface area contributed by atoms with Gasteiger partial charge in [0.2, 0.25) is 0 Å². The molecule has 0 aliphatic rings. The van der Waals surface area contributed by atoms with Crippen molar-refractivity contribution < 1.29 is 0 Å². The topological polar surface area (TPSA) is 0 Å². The van der Waals surface area contributed by atoms with E-state index in [2.05, 4.69) is 119 Å². The van der Waals surface area contributed by atoms with Gasteiger partial charge in [0.1, 0.15) is 0 Å². The van der Waals surface area contributed by atoms with Crippen LogP contribution in [-0.2, 0) is 0 Å². The molecule has 0 spiro atoms. The monoisotopic (exact) mass is 456 g/mol. The van der Waals surface area contributed by atoms with Crippen molar-refractivity contribution in [1.82, 2.24) is 0 Å². The van der Waals surface area contributed by atoms with Crippen LogP contribution < -0.4 is 0 Å². The van der Waals surface area contributed by atoms with Gasteiger partial charge in [-0.2, -0.15) is 0 Å². The average Bonchev–Trinajstić information content (AvgIpc) is 2.83. The van der Waals surface area contributed by atoms with Crippen LogP contribution in [0.4, 0.5) is 0 Å². The fourth-order valence-electron chi connectivity index (χ4n) is 5.22. The van der Waals surface area contributed by atoms with Gasteiger partial charge in [0.05, 0.1) is 0 Å². The molecule has 0 atom stereocenters. The first kappa shape index (κ1) is 17.3. The van der Waals surface area contributed by atoms with Gasteiger partial charge in [-0.3, -0.25) is 0 Å². The van der Waals surface area contributed by atoms with Gasteiger partial charge in [-0.1, -0.05) is 97.1 Å². The summed E-state index contributed by atoms with van der Waals surface area (Å²) in [5.74, 6) is 0. The molecule has 0 aromatic heterocycles. The zero-order valence-electron chi connectivity index (χ0n) is 16.7. The molecule has 0 saturated carbocycles. The SMILES string of the molecule is Brc1c2ccc3ccc4ccccc4c3c2cc2c1ccc1ccc3ccccc3c12. The predicted molar refractivity (Wildman–Crippen MR) is 139 cm³/mol. The summed E-state index contributed by atoms with van der Waals surface area (Å²) in [7, 11) is 0. The average molecular weight is 457 g/mol. The van der Waals surface area contributed by atoms with Crippen molar-refractivity contribution >= 4 is 80.6 Å². The van der Waals surface area contributed by atoms with Crippen LogP contribution >= 0.6 is 15.9 Å². The van der Waals surface area contributed by atoms with Crippen molar-refractivity contribution in [1.29, 1.82) is 0 Å². The third-order valence-electron chi connectivity index (χ3n) is 6.66. The number of rotatable bonds is 0. The molecule has 0 radical (unpaired) electrons. The minimum atomic E-state index is 1.17. The lowest BCUT2D eigenvalue weighted by atomic mass is 9.91. The Morgan fingerprint density at radius 1 is 0.355 bits per heavy atom. The van der Waals surface area contributed by atoms with Crippen molar-refractivity contribution in [2.75, 3.05) is 0 Å². The maximum atomic E-state index is 3.98. The quantitative estimate of drug-likeness (QED) is 0.157. The van der Waals surface area contributed by atoms with Crippen molar-refractivity contribution in [2.24, 2.45) is 0 Å². The molecular weight excluding hydrogens is 440 g/mol. The number of halogens is 1. The summed E-state index contributed by atoms with van der Waals surface area (Å²) in [6.45, 7) is 0. The Hall–Kier alpha value is -3.42. The molecule has 0 fully saturated rings. The normalized spacial score (nSPS) is 12.0. The van der Waals surface area contributed by atoms with Crippen LogP contribution in [0.3, 0.4) is 0 Å². The molecule has 7 aromatic rings. The molecule has 7 aromatic carbocycles. The van der Waals surface area contributed by atoms with Gasteiger partial charge in [0, 0.05) is 4.47 Å². The van der Waals surface area contributed by atoms with Crippen molar-refractivity contribution in [3.8, 4) is 0 Å². The summed E-state index contributed by atoms with van der Waals surface area (Å²) in [6.07, 6.45) is 0. The smallest absolute Gasteiger partial charge is 0.0332 e. The van der Waals surface area contributed by atoms with Crippen molar-refractivity contribution in [2.45, 2.75) is 0 Å². The largest absolute Gasteiger partial charge is 0.0616 e. The minimum Gasteiger partial charge on any atom is -0.0616 e. The van der Waals surface area contributed by atoms with E-state index >= 15 is 0 Å². The van der Waals surface area contributed by atoms with Gasteiger partial charge in [-0.05, 0) is 86.6 Å². The lowest BCUT2D eigenvalue weighted by molar-refractivity contribution is 1.77. The fraction of sp³-hybridized carbons (Fsp3) is 0. The lowest BCUT2D eigenvalue weighted by Crippen LogP contribution is -1.86. The van der Waals surface area contributed by atoms with Gasteiger partial charge >= 0.3 is 0 Å². The minimum absolute atomic E-state index is 1.17. The second-order valence-electron chi connectivity index (χ2n) is 8.28. The first-order valence-electron chi connectivity index (χ1n) is 10.6. The Kier molecular flexibility index (Phi) is 3.51. The fourth-order valence-corrected chi connectivity index (χ4v) is 5.91. The van der Waals surface area contributed by atoms with E-state index in [1.165, 1.54) is 69.1 Å². The molecule has 0 aliphatic carbocycles. The molecule has 0 saturated heterocycles. The first-order chi connectivity index (χ1) is 15.3. The van der Waals surface area contributed by atoms with Crippen LogP contribution in [0.15, 0.2) is 108 Å². The summed E-state index contributed by atoms with van der Waals surface area (Å²) in [4.78, 5) is 0. The van der Waals surface area contributed by atoms with Crippen molar-refractivity contribution in [3.05, 3.63) is 108 Å². The molecule has 0 aliphatic heterocycles. The molecule has 7 rings (SSSR count). The maximum Gasteiger partial charge on any atom is 0.0332 e. The van der Waals surface area contributed by atoms with Gasteiger partial charge in [0.15, 0.2) is 0 Å². The zero-order valence-corrected chi connectivity index (χ0v) is 18.3. The summed E-state index contributed by atoms with van der Waals surface area (Å²) in [6, 6.07) is 37.8.